The predicted molar refractivity (Wildman–Crippen MR) is 99.2 cm³/mol. The highest BCUT2D eigenvalue weighted by molar-refractivity contribution is 5.79. The standard InChI is InChI=1S/C19H24N6O/c1-23-9-8-21-19(23)18-13(10-17(26)25(18)3)11-20-12-16-22-14-6-4-5-7-15(14)24(16)2/h4-9,13,18,20H,10-12H2,1-3H3/t13-,18+/m0/s1. The van der Waals surface area contributed by atoms with Crippen LogP contribution in [0.4, 0.5) is 0 Å². The van der Waals surface area contributed by atoms with Crippen LogP contribution < -0.4 is 5.32 Å². The fourth-order valence-corrected chi connectivity index (χ4v) is 3.90. The molecule has 1 aromatic carbocycles. The van der Waals surface area contributed by atoms with Gasteiger partial charge in [0.05, 0.1) is 23.6 Å². The number of nitrogens with one attached hydrogen (secondary N) is 1. The van der Waals surface area contributed by atoms with Crippen LogP contribution in [0.25, 0.3) is 11.0 Å². The Hall–Kier alpha value is -2.67. The van der Waals surface area contributed by atoms with Gasteiger partial charge in [-0.3, -0.25) is 4.79 Å². The Labute approximate surface area is 152 Å². The van der Waals surface area contributed by atoms with Crippen molar-refractivity contribution in [2.45, 2.75) is 19.0 Å². The van der Waals surface area contributed by atoms with Gasteiger partial charge >= 0.3 is 0 Å². The summed E-state index contributed by atoms with van der Waals surface area (Å²) in [6.07, 6.45) is 4.26. The molecule has 0 aliphatic carbocycles. The third-order valence-electron chi connectivity index (χ3n) is 5.39. The molecule has 0 saturated carbocycles. The van der Waals surface area contributed by atoms with Crippen molar-refractivity contribution in [1.82, 2.24) is 29.3 Å². The summed E-state index contributed by atoms with van der Waals surface area (Å²) in [7, 11) is 5.88. The van der Waals surface area contributed by atoms with Crippen molar-refractivity contribution in [3.8, 4) is 0 Å². The van der Waals surface area contributed by atoms with Crippen LogP contribution >= 0.6 is 0 Å². The number of carbonyl (C=O) groups is 1. The van der Waals surface area contributed by atoms with Crippen molar-refractivity contribution in [3.63, 3.8) is 0 Å². The topological polar surface area (TPSA) is 68.0 Å². The first kappa shape index (κ1) is 16.8. The number of imidazole rings is 2. The molecule has 7 nitrogen and oxygen atoms in total. The highest BCUT2D eigenvalue weighted by Gasteiger charge is 2.40. The van der Waals surface area contributed by atoms with Crippen molar-refractivity contribution in [3.05, 3.63) is 48.3 Å². The second-order valence-electron chi connectivity index (χ2n) is 7.02. The minimum Gasteiger partial charge on any atom is -0.336 e. The third kappa shape index (κ3) is 2.78. The van der Waals surface area contributed by atoms with Gasteiger partial charge in [-0.25, -0.2) is 9.97 Å². The van der Waals surface area contributed by atoms with Crippen molar-refractivity contribution in [1.29, 1.82) is 0 Å². The first-order chi connectivity index (χ1) is 12.6. The largest absolute Gasteiger partial charge is 0.336 e. The summed E-state index contributed by atoms with van der Waals surface area (Å²) >= 11 is 0. The first-order valence-corrected chi connectivity index (χ1v) is 8.90. The predicted octanol–water partition coefficient (Wildman–Crippen LogP) is 1.62. The Morgan fingerprint density at radius 2 is 2.04 bits per heavy atom. The van der Waals surface area contributed by atoms with Crippen molar-refractivity contribution in [2.75, 3.05) is 13.6 Å². The minimum absolute atomic E-state index is 0.00967. The lowest BCUT2D eigenvalue weighted by Crippen LogP contribution is -2.31. The lowest BCUT2D eigenvalue weighted by atomic mass is 9.99. The summed E-state index contributed by atoms with van der Waals surface area (Å²) in [5.74, 6) is 2.31. The van der Waals surface area contributed by atoms with Crippen LogP contribution in [0.3, 0.4) is 0 Å². The molecule has 7 heteroatoms. The molecule has 3 heterocycles. The Morgan fingerprint density at radius 1 is 1.23 bits per heavy atom. The Kier molecular flexibility index (Phi) is 4.24. The Morgan fingerprint density at radius 3 is 2.77 bits per heavy atom. The maximum absolute atomic E-state index is 12.3. The average Bonchev–Trinajstić information content (AvgIpc) is 3.27. The highest BCUT2D eigenvalue weighted by Crippen LogP contribution is 2.35. The Bertz CT molecular complexity index is 943. The van der Waals surface area contributed by atoms with E-state index in [0.717, 1.165) is 29.2 Å². The van der Waals surface area contributed by atoms with E-state index in [1.54, 1.807) is 6.20 Å². The van der Waals surface area contributed by atoms with E-state index in [1.165, 1.54) is 0 Å². The minimum atomic E-state index is 0.00967. The maximum Gasteiger partial charge on any atom is 0.223 e. The molecule has 2 atom stereocenters. The molecule has 1 aliphatic rings. The van der Waals surface area contributed by atoms with Crippen LogP contribution in [0.2, 0.25) is 0 Å². The van der Waals surface area contributed by atoms with E-state index in [-0.39, 0.29) is 17.9 Å². The summed E-state index contributed by atoms with van der Waals surface area (Å²) in [4.78, 5) is 23.2. The number of hydrogen-bond acceptors (Lipinski definition) is 4. The van der Waals surface area contributed by atoms with Gasteiger partial charge in [-0.1, -0.05) is 12.1 Å². The summed E-state index contributed by atoms with van der Waals surface area (Å²) in [5.41, 5.74) is 2.14. The van der Waals surface area contributed by atoms with Gasteiger partial charge in [-0.05, 0) is 12.1 Å². The van der Waals surface area contributed by atoms with Crippen LogP contribution in [0, 0.1) is 5.92 Å². The van der Waals surface area contributed by atoms with E-state index in [4.69, 9.17) is 4.98 Å². The second kappa shape index (κ2) is 6.57. The molecule has 1 aliphatic heterocycles. The third-order valence-corrected chi connectivity index (χ3v) is 5.39. The fraction of sp³-hybridized carbons (Fsp3) is 0.421. The number of benzene rings is 1. The fourth-order valence-electron chi connectivity index (χ4n) is 3.90. The summed E-state index contributed by atoms with van der Waals surface area (Å²) in [6, 6.07) is 8.15. The van der Waals surface area contributed by atoms with Crippen LogP contribution in [0.5, 0.6) is 0 Å². The van der Waals surface area contributed by atoms with Crippen LogP contribution in [0.1, 0.15) is 24.1 Å². The molecule has 3 aromatic rings. The second-order valence-corrected chi connectivity index (χ2v) is 7.02. The number of aromatic nitrogens is 4. The van der Waals surface area contributed by atoms with Gasteiger partial charge in [0.15, 0.2) is 0 Å². The van der Waals surface area contributed by atoms with Gasteiger partial charge in [-0.2, -0.15) is 0 Å². The van der Waals surface area contributed by atoms with Crippen molar-refractivity contribution >= 4 is 16.9 Å². The lowest BCUT2D eigenvalue weighted by Gasteiger charge is -2.24. The smallest absolute Gasteiger partial charge is 0.223 e. The van der Waals surface area contributed by atoms with E-state index in [9.17, 15) is 4.79 Å². The molecule has 1 fully saturated rings. The molecule has 1 saturated heterocycles. The van der Waals surface area contributed by atoms with Gasteiger partial charge < -0.3 is 19.4 Å². The van der Waals surface area contributed by atoms with Crippen LogP contribution in [-0.2, 0) is 25.4 Å². The molecule has 136 valence electrons. The normalized spacial score (nSPS) is 20.4. The van der Waals surface area contributed by atoms with Crippen LogP contribution in [-0.4, -0.2) is 43.5 Å². The van der Waals surface area contributed by atoms with Crippen LogP contribution in [0.15, 0.2) is 36.7 Å². The molecule has 1 N–H and O–H groups in total. The highest BCUT2D eigenvalue weighted by atomic mass is 16.2. The van der Waals surface area contributed by atoms with E-state index in [2.05, 4.69) is 20.9 Å². The van der Waals surface area contributed by atoms with E-state index in [0.29, 0.717) is 13.0 Å². The number of rotatable bonds is 5. The number of likely N-dealkylation sites (tertiary alicyclic amines) is 1. The number of amides is 1. The monoisotopic (exact) mass is 352 g/mol. The van der Waals surface area contributed by atoms with Crippen molar-refractivity contribution < 1.29 is 4.79 Å². The first-order valence-electron chi connectivity index (χ1n) is 8.90. The molecule has 0 radical (unpaired) electrons. The zero-order valence-electron chi connectivity index (χ0n) is 15.4. The number of hydrogen-bond donors (Lipinski definition) is 1. The number of aryl methyl sites for hydroxylation is 2. The van der Waals surface area contributed by atoms with Gasteiger partial charge in [0, 0.05) is 52.4 Å². The molecule has 2 aromatic heterocycles. The maximum atomic E-state index is 12.3. The molecular formula is C19H24N6O. The number of fused-ring (bicyclic) bond motifs is 1. The van der Waals surface area contributed by atoms with E-state index < -0.39 is 0 Å². The number of carbonyl (C=O) groups excluding carboxylic acids is 1. The molecular weight excluding hydrogens is 328 g/mol. The zero-order chi connectivity index (χ0) is 18.3. The molecule has 0 spiro atoms. The molecule has 0 unspecified atom stereocenters. The SMILES string of the molecule is CN1C(=O)C[C@@H](CNCc2nc3ccccc3n2C)[C@@H]1c1nccn1C. The summed E-state index contributed by atoms with van der Waals surface area (Å²) in [5, 5.41) is 3.50. The van der Waals surface area contributed by atoms with Gasteiger partial charge in [0.1, 0.15) is 11.6 Å². The molecule has 0 bridgehead atoms. The molecule has 26 heavy (non-hydrogen) atoms. The van der Waals surface area contributed by atoms with E-state index in [1.807, 2.05) is 55.0 Å². The van der Waals surface area contributed by atoms with Gasteiger partial charge in [-0.15, -0.1) is 0 Å². The number of para-hydroxylation sites is 2. The summed E-state index contributed by atoms with van der Waals surface area (Å²) < 4.78 is 4.11. The lowest BCUT2D eigenvalue weighted by molar-refractivity contribution is -0.127. The zero-order valence-corrected chi connectivity index (χ0v) is 15.4. The number of nitrogens with zero attached hydrogens (tertiary/aromatic N) is 5. The molecule has 4 rings (SSSR count). The average molecular weight is 352 g/mol. The quantitative estimate of drug-likeness (QED) is 0.758. The van der Waals surface area contributed by atoms with Gasteiger partial charge in [0.2, 0.25) is 5.91 Å². The summed E-state index contributed by atoms with van der Waals surface area (Å²) in [6.45, 7) is 1.42. The van der Waals surface area contributed by atoms with Gasteiger partial charge in [0.25, 0.3) is 0 Å². The molecule has 1 amide bonds. The Balaban J connectivity index is 1.47. The van der Waals surface area contributed by atoms with Crippen molar-refractivity contribution in [2.24, 2.45) is 20.0 Å². The van der Waals surface area contributed by atoms with E-state index >= 15 is 0 Å².